The second-order valence-electron chi connectivity index (χ2n) is 4.45. The Kier molecular flexibility index (Phi) is 16.1. The zero-order valence-corrected chi connectivity index (χ0v) is 15.8. The smallest absolute Gasteiger partial charge is 0 e. The molecule has 0 aliphatic carbocycles. The summed E-state index contributed by atoms with van der Waals surface area (Å²) in [7, 11) is -2.21. The van der Waals surface area contributed by atoms with Gasteiger partial charge in [-0.05, 0) is 0 Å². The summed E-state index contributed by atoms with van der Waals surface area (Å²) in [6.45, 7) is 13.8. The summed E-state index contributed by atoms with van der Waals surface area (Å²) >= 11 is 0. The van der Waals surface area contributed by atoms with Crippen LogP contribution in [0.2, 0.25) is 39.3 Å². The molecule has 0 N–H and O–H groups in total. The second-order valence-corrected chi connectivity index (χ2v) is 14.0. The molecule has 0 amide bonds. The van der Waals surface area contributed by atoms with Gasteiger partial charge in [0.2, 0.25) is 0 Å². The van der Waals surface area contributed by atoms with Crippen molar-refractivity contribution in [3.8, 4) is 0 Å². The van der Waals surface area contributed by atoms with Crippen molar-refractivity contribution in [2.75, 3.05) is 0 Å². The van der Waals surface area contributed by atoms with E-state index >= 15 is 0 Å². The van der Waals surface area contributed by atoms with Crippen molar-refractivity contribution in [1.82, 2.24) is 0 Å². The van der Waals surface area contributed by atoms with Gasteiger partial charge in [-0.25, -0.2) is 0 Å². The summed E-state index contributed by atoms with van der Waals surface area (Å²) in [5, 5.41) is 0. The van der Waals surface area contributed by atoms with Crippen LogP contribution in [0, 0.1) is 0 Å². The summed E-state index contributed by atoms with van der Waals surface area (Å²) in [5.41, 5.74) is 0. The van der Waals surface area contributed by atoms with Crippen LogP contribution < -0.4 is 24.8 Å². The molecular formula is C6H18Cl2HfNSi2-3. The number of halogens is 2. The van der Waals surface area contributed by atoms with Crippen molar-refractivity contribution in [2.45, 2.75) is 39.3 Å². The molecule has 0 saturated heterocycles. The van der Waals surface area contributed by atoms with E-state index in [0.717, 1.165) is 0 Å². The van der Waals surface area contributed by atoms with Gasteiger partial charge < -0.3 is 29.5 Å². The molecule has 0 aromatic rings. The van der Waals surface area contributed by atoms with E-state index < -0.39 is 16.5 Å². The van der Waals surface area contributed by atoms with Gasteiger partial charge in [0.05, 0.1) is 0 Å². The van der Waals surface area contributed by atoms with Gasteiger partial charge >= 0.3 is 0 Å². The van der Waals surface area contributed by atoms with Gasteiger partial charge in [0.25, 0.3) is 0 Å². The van der Waals surface area contributed by atoms with Crippen molar-refractivity contribution in [2.24, 2.45) is 0 Å². The average Bonchev–Trinajstić information content (AvgIpc) is 1.14. The fourth-order valence-corrected chi connectivity index (χ4v) is 9.06. The molecule has 0 aromatic carbocycles. The van der Waals surface area contributed by atoms with E-state index in [1.165, 1.54) is 0 Å². The standard InChI is InChI=1S/C6H18NSi2.2ClH.Hf/c1-8(2,3)7-9(4,5)6;;;/h1-6H3;2*1H;/q-1;;;/p-2. The Morgan fingerprint density at radius 2 is 0.833 bits per heavy atom. The van der Waals surface area contributed by atoms with Crippen molar-refractivity contribution in [3.05, 3.63) is 4.65 Å². The van der Waals surface area contributed by atoms with Gasteiger partial charge in [-0.3, -0.25) is 0 Å². The maximum Gasteiger partial charge on any atom is 0 e. The van der Waals surface area contributed by atoms with Gasteiger partial charge in [0.1, 0.15) is 0 Å². The Balaban J connectivity index is -0.000000107. The molecule has 0 saturated carbocycles. The molecule has 0 unspecified atom stereocenters. The van der Waals surface area contributed by atoms with Crippen LogP contribution in [0.25, 0.3) is 4.65 Å². The molecular weight excluding hydrogens is 392 g/mol. The molecule has 0 spiro atoms. The van der Waals surface area contributed by atoms with E-state index in [0.29, 0.717) is 0 Å². The third kappa shape index (κ3) is 22.6. The van der Waals surface area contributed by atoms with Gasteiger partial charge in [-0.15, -0.1) is 0 Å². The fraction of sp³-hybridized carbons (Fsp3) is 1.00. The summed E-state index contributed by atoms with van der Waals surface area (Å²) in [4.78, 5) is 0. The van der Waals surface area contributed by atoms with Crippen LogP contribution in [-0.2, 0) is 25.8 Å². The molecule has 0 bridgehead atoms. The molecule has 0 aromatic heterocycles. The van der Waals surface area contributed by atoms with Gasteiger partial charge in [-0.1, -0.05) is 55.8 Å². The minimum Gasteiger partial charge on any atom is -1.00 e. The molecule has 6 heteroatoms. The Bertz CT molecular complexity index is 88.7. The first-order valence-corrected chi connectivity index (χ1v) is 10.3. The van der Waals surface area contributed by atoms with Crippen LogP contribution >= 0.6 is 0 Å². The van der Waals surface area contributed by atoms with Crippen LogP contribution in [0.4, 0.5) is 0 Å². The number of rotatable bonds is 2. The summed E-state index contributed by atoms with van der Waals surface area (Å²) < 4.78 is 4.82. The number of hydrogen-bond donors (Lipinski definition) is 0. The minimum absolute atomic E-state index is 0. The number of nitrogens with zero attached hydrogens (tertiary/aromatic N) is 1. The largest absolute Gasteiger partial charge is 1.00 e. The Labute approximate surface area is 110 Å². The van der Waals surface area contributed by atoms with Crippen molar-refractivity contribution < 1.29 is 50.7 Å². The van der Waals surface area contributed by atoms with Crippen LogP contribution in [0.5, 0.6) is 0 Å². The third-order valence-electron chi connectivity index (χ3n) is 0.671. The molecule has 76 valence electrons. The Hall–Kier alpha value is 1.84. The van der Waals surface area contributed by atoms with E-state index in [1.807, 2.05) is 0 Å². The zero-order valence-electron chi connectivity index (χ0n) is 8.70. The van der Waals surface area contributed by atoms with Gasteiger partial charge in [0, 0.05) is 25.8 Å². The minimum atomic E-state index is -1.11. The molecule has 0 aliphatic rings. The molecule has 0 atom stereocenters. The predicted molar refractivity (Wildman–Crippen MR) is 50.1 cm³/mol. The van der Waals surface area contributed by atoms with E-state index in [9.17, 15) is 0 Å². The molecule has 0 radical (unpaired) electrons. The van der Waals surface area contributed by atoms with Crippen LogP contribution in [0.15, 0.2) is 0 Å². The quantitative estimate of drug-likeness (QED) is 0.433. The molecule has 0 aliphatic heterocycles. The maximum atomic E-state index is 4.82. The first kappa shape index (κ1) is 23.6. The molecule has 0 fully saturated rings. The van der Waals surface area contributed by atoms with E-state index in [-0.39, 0.29) is 50.7 Å². The topological polar surface area (TPSA) is 14.1 Å². The molecule has 1 nitrogen and oxygen atoms in total. The average molecular weight is 410 g/mol. The SMILES string of the molecule is C[Si](C)(C)[N-][Si](C)(C)C.[Cl-].[Cl-].[Hf]. The Morgan fingerprint density at radius 1 is 0.667 bits per heavy atom. The third-order valence-corrected chi connectivity index (χ3v) is 6.04. The first-order chi connectivity index (χ1) is 3.71. The van der Waals surface area contributed by atoms with Gasteiger partial charge in [-0.2, -0.15) is 0 Å². The summed E-state index contributed by atoms with van der Waals surface area (Å²) in [5.74, 6) is 0. The molecule has 0 heterocycles. The summed E-state index contributed by atoms with van der Waals surface area (Å²) in [6, 6.07) is 0. The predicted octanol–water partition coefficient (Wildman–Crippen LogP) is -2.96. The van der Waals surface area contributed by atoms with Crippen LogP contribution in [-0.4, -0.2) is 16.5 Å². The maximum absolute atomic E-state index is 4.82. The Morgan fingerprint density at radius 3 is 0.833 bits per heavy atom. The van der Waals surface area contributed by atoms with Gasteiger partial charge in [0.15, 0.2) is 0 Å². The number of hydrogen-bond acceptors (Lipinski definition) is 0. The zero-order chi connectivity index (χ0) is 7.71. The van der Waals surface area contributed by atoms with E-state index in [2.05, 4.69) is 39.3 Å². The second kappa shape index (κ2) is 8.18. The van der Waals surface area contributed by atoms with Crippen molar-refractivity contribution in [1.29, 1.82) is 0 Å². The van der Waals surface area contributed by atoms with Crippen LogP contribution in [0.3, 0.4) is 0 Å². The van der Waals surface area contributed by atoms with E-state index in [1.54, 1.807) is 0 Å². The molecule has 0 rings (SSSR count). The first-order valence-electron chi connectivity index (χ1n) is 3.45. The van der Waals surface area contributed by atoms with E-state index in [4.69, 9.17) is 4.65 Å². The summed E-state index contributed by atoms with van der Waals surface area (Å²) in [6.07, 6.45) is 0. The normalized spacial score (nSPS) is 10.5. The van der Waals surface area contributed by atoms with Crippen molar-refractivity contribution >= 4 is 16.5 Å². The molecule has 12 heavy (non-hydrogen) atoms. The monoisotopic (exact) mass is 410 g/mol. The van der Waals surface area contributed by atoms with Crippen LogP contribution in [0.1, 0.15) is 0 Å². The van der Waals surface area contributed by atoms with Crippen molar-refractivity contribution in [3.63, 3.8) is 0 Å². The fourth-order valence-electron chi connectivity index (χ4n) is 1.01.